The van der Waals surface area contributed by atoms with E-state index in [-0.39, 0.29) is 0 Å². The van der Waals surface area contributed by atoms with Gasteiger partial charge in [-0.15, -0.1) is 0 Å². The van der Waals surface area contributed by atoms with Gasteiger partial charge in [0.1, 0.15) is 0 Å². The Bertz CT molecular complexity index is 2100. The zero-order valence-electron chi connectivity index (χ0n) is 23.9. The topological polar surface area (TPSA) is 23.4 Å². The van der Waals surface area contributed by atoms with E-state index in [1.165, 1.54) is 54.1 Å². The second kappa shape index (κ2) is 9.00. The molecule has 6 aromatic carbocycles. The molecule has 1 aromatic heterocycles. The van der Waals surface area contributed by atoms with Gasteiger partial charge in [0.05, 0.1) is 22.2 Å². The Hall–Kier alpha value is -3.51. The molecule has 1 atom stereocenters. The van der Waals surface area contributed by atoms with E-state index in [0.717, 1.165) is 22.7 Å². The highest BCUT2D eigenvalue weighted by atomic mass is 32.2. The molecule has 202 valence electrons. The number of fused-ring (bicyclic) bond motifs is 5. The first-order chi connectivity index (χ1) is 19.9. The lowest BCUT2D eigenvalue weighted by Crippen LogP contribution is -2.47. The highest BCUT2D eigenvalue weighted by molar-refractivity contribution is 7.99. The maximum absolute atomic E-state index is 6.91. The molecule has 0 aliphatic carbocycles. The smallest absolute Gasteiger partial charge is 0.399 e. The number of hydrogen-bond donors (Lipinski definition) is 0. The van der Waals surface area contributed by atoms with Crippen molar-refractivity contribution in [3.8, 4) is 5.69 Å². The Morgan fingerprint density at radius 3 is 2.24 bits per heavy atom. The van der Waals surface area contributed by atoms with Gasteiger partial charge in [0.2, 0.25) is 0 Å². The average Bonchev–Trinajstić information content (AvgIpc) is 3.46. The first-order valence-electron chi connectivity index (χ1n) is 14.5. The zero-order valence-corrected chi connectivity index (χ0v) is 24.7. The fraction of sp³-hybridized carbons (Fsp3) is 0.222. The Balaban J connectivity index is 1.51. The molecule has 0 N–H and O–H groups in total. The second-order valence-corrected chi connectivity index (χ2v) is 13.2. The lowest BCUT2D eigenvalue weighted by molar-refractivity contribution is 0.00966. The molecule has 1 unspecified atom stereocenters. The van der Waals surface area contributed by atoms with Crippen molar-refractivity contribution >= 4 is 78.5 Å². The summed E-state index contributed by atoms with van der Waals surface area (Å²) in [7, 11) is -0.463. The van der Waals surface area contributed by atoms with Crippen molar-refractivity contribution in [2.45, 2.75) is 38.9 Å². The van der Waals surface area contributed by atoms with Crippen LogP contribution in [0.15, 0.2) is 97.1 Å². The number of thioether (sulfide) groups is 1. The zero-order chi connectivity index (χ0) is 27.9. The number of hydrogen-bond acceptors (Lipinski definition) is 3. The summed E-state index contributed by atoms with van der Waals surface area (Å²) in [5.74, 6) is 1.94. The van der Waals surface area contributed by atoms with Gasteiger partial charge in [0, 0.05) is 27.7 Å². The molecular formula is C36H32BNO2S. The third kappa shape index (κ3) is 3.49. The van der Waals surface area contributed by atoms with Crippen molar-refractivity contribution in [2.75, 3.05) is 11.5 Å². The Kier molecular flexibility index (Phi) is 5.53. The van der Waals surface area contributed by atoms with Crippen LogP contribution >= 0.6 is 11.8 Å². The highest BCUT2D eigenvalue weighted by Gasteiger charge is 2.55. The highest BCUT2D eigenvalue weighted by Crippen LogP contribution is 2.46. The van der Waals surface area contributed by atoms with Crippen molar-refractivity contribution in [2.24, 2.45) is 0 Å². The van der Waals surface area contributed by atoms with Crippen molar-refractivity contribution in [1.29, 1.82) is 0 Å². The van der Waals surface area contributed by atoms with E-state index in [2.05, 4.69) is 129 Å². The summed E-state index contributed by atoms with van der Waals surface area (Å²) in [5.41, 5.74) is 3.77. The number of rotatable bonds is 5. The van der Waals surface area contributed by atoms with Crippen molar-refractivity contribution in [3.63, 3.8) is 0 Å². The first kappa shape index (κ1) is 25.2. The van der Waals surface area contributed by atoms with Crippen LogP contribution in [0.1, 0.15) is 27.7 Å². The second-order valence-electron chi connectivity index (χ2n) is 12.0. The lowest BCUT2D eigenvalue weighted by Gasteiger charge is -2.36. The van der Waals surface area contributed by atoms with Gasteiger partial charge in [-0.3, -0.25) is 0 Å². The molecular weight excluding hydrogens is 521 g/mol. The van der Waals surface area contributed by atoms with Gasteiger partial charge in [-0.05, 0) is 77.0 Å². The average molecular weight is 554 g/mol. The molecule has 8 rings (SSSR count). The van der Waals surface area contributed by atoms with E-state index in [0.29, 0.717) is 0 Å². The molecule has 0 amide bonds. The summed E-state index contributed by atoms with van der Waals surface area (Å²) in [6.45, 7) is 8.75. The summed E-state index contributed by atoms with van der Waals surface area (Å²) in [6, 6.07) is 35.3. The summed E-state index contributed by atoms with van der Waals surface area (Å²) >= 11 is 1.91. The summed E-state index contributed by atoms with van der Waals surface area (Å²) in [4.78, 5) is 0. The predicted octanol–water partition coefficient (Wildman–Crippen LogP) is 8.71. The Morgan fingerprint density at radius 1 is 0.683 bits per heavy atom. The van der Waals surface area contributed by atoms with Crippen molar-refractivity contribution in [3.05, 3.63) is 97.1 Å². The summed E-state index contributed by atoms with van der Waals surface area (Å²) in [5, 5.41) is 10.3. The van der Waals surface area contributed by atoms with Crippen LogP contribution in [-0.2, 0) is 9.31 Å². The van der Waals surface area contributed by atoms with Gasteiger partial charge >= 0.3 is 7.12 Å². The number of aromatic nitrogens is 1. The fourth-order valence-corrected chi connectivity index (χ4v) is 7.90. The minimum atomic E-state index is -0.463. The van der Waals surface area contributed by atoms with E-state index in [1.807, 2.05) is 11.8 Å². The molecule has 1 aliphatic rings. The van der Waals surface area contributed by atoms with Crippen LogP contribution in [0, 0.1) is 0 Å². The van der Waals surface area contributed by atoms with Gasteiger partial charge in [0.15, 0.2) is 0 Å². The van der Waals surface area contributed by atoms with Gasteiger partial charge in [-0.25, -0.2) is 0 Å². The van der Waals surface area contributed by atoms with Crippen LogP contribution in [0.25, 0.3) is 59.8 Å². The molecule has 2 heterocycles. The van der Waals surface area contributed by atoms with Crippen molar-refractivity contribution < 1.29 is 9.31 Å². The Labute approximate surface area is 244 Å². The number of nitrogens with zero attached hydrogens (tertiary/aromatic N) is 1. The molecule has 1 saturated heterocycles. The Morgan fingerprint density at radius 2 is 1.41 bits per heavy atom. The lowest BCUT2D eigenvalue weighted by atomic mass is 9.76. The van der Waals surface area contributed by atoms with Crippen LogP contribution in [0.2, 0.25) is 0 Å². The first-order valence-corrected chi connectivity index (χ1v) is 15.7. The van der Waals surface area contributed by atoms with E-state index < -0.39 is 18.3 Å². The molecule has 1 aliphatic heterocycles. The standard InChI is InChI=1S/C36H32BNO2S/c1-5-41-22-36(4)35(2,3)39-37(40-36)29-21-20-27-26-19-18-23-12-9-10-15-25(23)31(26)28-16-11-17-30-32(28)33(27)34(29)38(30)24-13-7-6-8-14-24/h6-21H,5,22H2,1-4H3. The van der Waals surface area contributed by atoms with E-state index >= 15 is 0 Å². The number of para-hydroxylation sites is 1. The molecule has 0 spiro atoms. The quantitative estimate of drug-likeness (QED) is 0.157. The predicted molar refractivity (Wildman–Crippen MR) is 178 cm³/mol. The van der Waals surface area contributed by atoms with Gasteiger partial charge in [-0.1, -0.05) is 85.8 Å². The maximum atomic E-state index is 6.91. The molecule has 0 radical (unpaired) electrons. The molecule has 3 nitrogen and oxygen atoms in total. The summed E-state index contributed by atoms with van der Waals surface area (Å²) < 4.78 is 16.1. The third-order valence-electron chi connectivity index (χ3n) is 9.35. The molecule has 0 saturated carbocycles. The number of benzene rings is 6. The minimum absolute atomic E-state index is 0.402. The van der Waals surface area contributed by atoms with Crippen LogP contribution in [0.5, 0.6) is 0 Å². The maximum Gasteiger partial charge on any atom is 0.497 e. The largest absolute Gasteiger partial charge is 0.497 e. The normalized spacial score (nSPS) is 19.1. The fourth-order valence-electron chi connectivity index (χ4n) is 6.89. The van der Waals surface area contributed by atoms with Crippen LogP contribution in [0.3, 0.4) is 0 Å². The molecule has 5 heteroatoms. The van der Waals surface area contributed by atoms with E-state index in [4.69, 9.17) is 9.31 Å². The van der Waals surface area contributed by atoms with Gasteiger partial charge in [0.25, 0.3) is 0 Å². The molecule has 7 aromatic rings. The SMILES string of the molecule is CCSCC1(C)OB(c2ccc3c4ccc5ccccc5c4c4cccc5c4c3c2n5-c2ccccc2)OC1(C)C. The molecule has 1 fully saturated rings. The van der Waals surface area contributed by atoms with Crippen LogP contribution < -0.4 is 5.46 Å². The van der Waals surface area contributed by atoms with Crippen LogP contribution in [0.4, 0.5) is 0 Å². The van der Waals surface area contributed by atoms with Gasteiger partial charge in [-0.2, -0.15) is 11.8 Å². The van der Waals surface area contributed by atoms with Crippen molar-refractivity contribution in [1.82, 2.24) is 4.57 Å². The van der Waals surface area contributed by atoms with E-state index in [1.54, 1.807) is 0 Å². The minimum Gasteiger partial charge on any atom is -0.399 e. The van der Waals surface area contributed by atoms with Crippen LogP contribution in [-0.4, -0.2) is 34.4 Å². The molecule has 41 heavy (non-hydrogen) atoms. The van der Waals surface area contributed by atoms with E-state index in [9.17, 15) is 0 Å². The molecule has 0 bridgehead atoms. The summed E-state index contributed by atoms with van der Waals surface area (Å²) in [6.07, 6.45) is 0. The monoisotopic (exact) mass is 553 g/mol. The third-order valence-corrected chi connectivity index (χ3v) is 10.5. The van der Waals surface area contributed by atoms with Gasteiger partial charge < -0.3 is 13.9 Å².